The third-order valence-corrected chi connectivity index (χ3v) is 17.0. The van der Waals surface area contributed by atoms with E-state index in [-0.39, 0.29) is 41.8 Å². The Morgan fingerprint density at radius 3 is 2.13 bits per heavy atom. The van der Waals surface area contributed by atoms with Crippen LogP contribution in [0.5, 0.6) is 0 Å². The molecule has 2 heterocycles. The summed E-state index contributed by atoms with van der Waals surface area (Å²) in [5, 5.41) is 74.9. The lowest BCUT2D eigenvalue weighted by atomic mass is 9.33. The second-order valence-electron chi connectivity index (χ2n) is 19.5. The van der Waals surface area contributed by atoms with E-state index in [1.807, 2.05) is 0 Å². The molecule has 13 heteroatoms. The van der Waals surface area contributed by atoms with Gasteiger partial charge in [-0.1, -0.05) is 53.2 Å². The van der Waals surface area contributed by atoms with Crippen LogP contribution in [-0.2, 0) is 28.5 Å². The molecule has 6 fully saturated rings. The normalized spacial score (nSPS) is 54.2. The highest BCUT2D eigenvalue weighted by molar-refractivity contribution is 5.84. The molecule has 5 aliphatic carbocycles. The van der Waals surface area contributed by atoms with E-state index >= 15 is 0 Å². The van der Waals surface area contributed by atoms with Gasteiger partial charge in [-0.2, -0.15) is 0 Å². The van der Waals surface area contributed by atoms with E-state index in [1.54, 1.807) is 6.92 Å². The van der Waals surface area contributed by atoms with Gasteiger partial charge in [0.25, 0.3) is 0 Å². The number of carbonyl (C=O) groups is 2. The molecule has 0 unspecified atom stereocenters. The fourth-order valence-electron chi connectivity index (χ4n) is 13.7. The van der Waals surface area contributed by atoms with Gasteiger partial charge in [-0.3, -0.25) is 9.59 Å². The van der Waals surface area contributed by atoms with Crippen molar-refractivity contribution in [1.29, 1.82) is 0 Å². The molecule has 0 aromatic heterocycles. The van der Waals surface area contributed by atoms with Gasteiger partial charge in [-0.25, -0.2) is 0 Å². The lowest BCUT2D eigenvalue weighted by Crippen LogP contribution is -2.68. The van der Waals surface area contributed by atoms with Crippen LogP contribution in [0, 0.1) is 56.7 Å². The smallest absolute Gasteiger partial charge is 0.314 e. The van der Waals surface area contributed by atoms with E-state index < -0.39 is 88.9 Å². The SMILES string of the molecule is C[C@H]1[C@H](C)CC[C@]2(C(=O)O)CC[C@]3(C(=O)O)C(=CC[C@@H]4[C@@]5(C)CC[C@H](O[C@@H]6O[C@H](C)[C@@H](O)[C@H](O)[C@H]6O[C@@H]6OC[C@H](O)[C@H](O)[C@H]6O)C(C)(C)[C@@H]5CC[C@]43C)[C@H]12. The Balaban J connectivity index is 1.18. The number of ether oxygens (including phenoxy) is 4. The standard InChI is InChI=1S/C41H64O13/c1-19-10-15-40(35(47)48)16-17-41(36(49)50)22(27(40)20(19)2)8-9-25-38(6)13-12-26(37(4,5)24(38)11-14-39(25,41)7)53-34-32(30(45)28(43)21(3)52-34)54-33-31(46)29(44)23(42)18-51-33/h8,19-21,23-34,42-46H,9-18H2,1-7H3,(H,47,48)(H,49,50)/t19-,20+,21-,23+,24+,25-,26+,27+,28-,29+,30+,31-,32-,33+,34+,38+,39-,40+,41-/m1/s1. The maximum Gasteiger partial charge on any atom is 0.314 e. The summed E-state index contributed by atoms with van der Waals surface area (Å²) in [5.74, 6) is -1.43. The van der Waals surface area contributed by atoms with Gasteiger partial charge in [-0.05, 0) is 111 Å². The van der Waals surface area contributed by atoms with E-state index in [4.69, 9.17) is 18.9 Å². The Kier molecular flexibility index (Phi) is 10.3. The summed E-state index contributed by atoms with van der Waals surface area (Å²) >= 11 is 0. The minimum absolute atomic E-state index is 0.0307. The van der Waals surface area contributed by atoms with Gasteiger partial charge in [0.05, 0.1) is 29.6 Å². The molecule has 306 valence electrons. The Labute approximate surface area is 318 Å². The van der Waals surface area contributed by atoms with Gasteiger partial charge in [0.1, 0.15) is 36.6 Å². The average Bonchev–Trinajstić information content (AvgIpc) is 3.10. The van der Waals surface area contributed by atoms with E-state index in [0.29, 0.717) is 44.4 Å². The molecule has 2 saturated heterocycles. The predicted molar refractivity (Wildman–Crippen MR) is 192 cm³/mol. The molecule has 7 rings (SSSR count). The first-order valence-corrected chi connectivity index (χ1v) is 20.3. The number of aliphatic hydroxyl groups excluding tert-OH is 5. The van der Waals surface area contributed by atoms with Crippen molar-refractivity contribution >= 4 is 11.9 Å². The van der Waals surface area contributed by atoms with Crippen molar-refractivity contribution in [1.82, 2.24) is 0 Å². The van der Waals surface area contributed by atoms with Crippen molar-refractivity contribution in [3.8, 4) is 0 Å². The Bertz CT molecular complexity index is 1500. The molecule has 0 radical (unpaired) electrons. The summed E-state index contributed by atoms with van der Waals surface area (Å²) < 4.78 is 24.3. The number of aliphatic hydroxyl groups is 5. The van der Waals surface area contributed by atoms with Gasteiger partial charge < -0.3 is 54.7 Å². The van der Waals surface area contributed by atoms with E-state index in [2.05, 4.69) is 47.6 Å². The third kappa shape index (κ3) is 5.56. The molecular weight excluding hydrogens is 700 g/mol. The molecule has 0 spiro atoms. The highest BCUT2D eigenvalue weighted by Crippen LogP contribution is 2.76. The number of carboxylic acids is 2. The molecular formula is C41H64O13. The van der Waals surface area contributed by atoms with Crippen molar-refractivity contribution in [2.45, 2.75) is 168 Å². The third-order valence-electron chi connectivity index (χ3n) is 17.0. The quantitative estimate of drug-likeness (QED) is 0.153. The van der Waals surface area contributed by atoms with Crippen LogP contribution in [-0.4, -0.2) is 116 Å². The van der Waals surface area contributed by atoms with Crippen molar-refractivity contribution < 1.29 is 64.3 Å². The zero-order valence-electron chi connectivity index (χ0n) is 32.9. The largest absolute Gasteiger partial charge is 0.481 e. The first-order chi connectivity index (χ1) is 25.2. The minimum Gasteiger partial charge on any atom is -0.481 e. The van der Waals surface area contributed by atoms with Crippen molar-refractivity contribution in [3.05, 3.63) is 11.6 Å². The van der Waals surface area contributed by atoms with Crippen LogP contribution in [0.15, 0.2) is 11.6 Å². The van der Waals surface area contributed by atoms with Crippen LogP contribution < -0.4 is 0 Å². The molecule has 4 saturated carbocycles. The number of aliphatic carboxylic acids is 2. The molecule has 0 aromatic rings. The second-order valence-corrected chi connectivity index (χ2v) is 19.5. The molecule has 19 atom stereocenters. The van der Waals surface area contributed by atoms with Gasteiger partial charge in [0.15, 0.2) is 12.6 Å². The highest BCUT2D eigenvalue weighted by atomic mass is 16.8. The van der Waals surface area contributed by atoms with E-state index in [9.17, 15) is 45.3 Å². The van der Waals surface area contributed by atoms with Crippen LogP contribution in [0.2, 0.25) is 0 Å². The lowest BCUT2D eigenvalue weighted by molar-refractivity contribution is -0.367. The zero-order valence-corrected chi connectivity index (χ0v) is 32.9. The topological polar surface area (TPSA) is 213 Å². The zero-order chi connectivity index (χ0) is 39.5. The van der Waals surface area contributed by atoms with Crippen molar-refractivity contribution in [2.24, 2.45) is 56.7 Å². The Morgan fingerprint density at radius 1 is 0.759 bits per heavy atom. The second kappa shape index (κ2) is 13.7. The summed E-state index contributed by atoms with van der Waals surface area (Å²) in [6, 6.07) is 0. The molecule has 0 aromatic carbocycles. The van der Waals surface area contributed by atoms with Gasteiger partial charge >= 0.3 is 11.9 Å². The molecule has 13 nitrogen and oxygen atoms in total. The Morgan fingerprint density at radius 2 is 1.46 bits per heavy atom. The molecule has 7 aliphatic rings. The van der Waals surface area contributed by atoms with E-state index in [0.717, 1.165) is 24.8 Å². The molecule has 0 amide bonds. The molecule has 7 N–H and O–H groups in total. The Hall–Kier alpha value is -1.68. The average molecular weight is 765 g/mol. The predicted octanol–water partition coefficient (Wildman–Crippen LogP) is 3.47. The number of hydrogen-bond acceptors (Lipinski definition) is 11. The number of fused-ring (bicyclic) bond motifs is 7. The first kappa shape index (κ1) is 40.5. The summed E-state index contributed by atoms with van der Waals surface area (Å²) in [5.41, 5.74) is -2.54. The maximum atomic E-state index is 14.0. The molecule has 0 bridgehead atoms. The maximum absolute atomic E-state index is 14.0. The van der Waals surface area contributed by atoms with Crippen LogP contribution in [0.25, 0.3) is 0 Å². The summed E-state index contributed by atoms with van der Waals surface area (Å²) in [7, 11) is 0. The fourth-order valence-corrected chi connectivity index (χ4v) is 13.7. The lowest BCUT2D eigenvalue weighted by Gasteiger charge is -2.70. The van der Waals surface area contributed by atoms with Crippen LogP contribution in [0.4, 0.5) is 0 Å². The fraction of sp³-hybridized carbons (Fsp3) is 0.902. The van der Waals surface area contributed by atoms with Crippen LogP contribution >= 0.6 is 0 Å². The van der Waals surface area contributed by atoms with Crippen molar-refractivity contribution in [2.75, 3.05) is 6.61 Å². The monoisotopic (exact) mass is 764 g/mol. The van der Waals surface area contributed by atoms with Gasteiger partial charge in [-0.15, -0.1) is 0 Å². The summed E-state index contributed by atoms with van der Waals surface area (Å²) in [4.78, 5) is 27.1. The van der Waals surface area contributed by atoms with Gasteiger partial charge in [0.2, 0.25) is 0 Å². The van der Waals surface area contributed by atoms with Crippen molar-refractivity contribution in [3.63, 3.8) is 0 Å². The summed E-state index contributed by atoms with van der Waals surface area (Å²) in [6.45, 7) is 14.5. The number of hydrogen-bond donors (Lipinski definition) is 7. The minimum atomic E-state index is -1.62. The molecule has 54 heavy (non-hydrogen) atoms. The van der Waals surface area contributed by atoms with E-state index in [1.165, 1.54) is 0 Å². The summed E-state index contributed by atoms with van der Waals surface area (Å²) in [6.07, 6.45) is -4.56. The first-order valence-electron chi connectivity index (χ1n) is 20.3. The number of allylic oxidation sites excluding steroid dienone is 1. The highest BCUT2D eigenvalue weighted by Gasteiger charge is 2.73. The number of carboxylic acid groups (broad SMARTS) is 2. The van der Waals surface area contributed by atoms with Gasteiger partial charge in [0, 0.05) is 0 Å². The molecule has 2 aliphatic heterocycles. The van der Waals surface area contributed by atoms with Crippen LogP contribution in [0.3, 0.4) is 0 Å². The van der Waals surface area contributed by atoms with Crippen LogP contribution in [0.1, 0.15) is 106 Å². The number of rotatable bonds is 6.